The van der Waals surface area contributed by atoms with Crippen LogP contribution in [0.2, 0.25) is 0 Å². The molecule has 0 radical (unpaired) electrons. The molecule has 0 aliphatic carbocycles. The topological polar surface area (TPSA) is 87.0 Å². The van der Waals surface area contributed by atoms with E-state index in [1.807, 2.05) is 29.2 Å². The zero-order valence-electron chi connectivity index (χ0n) is 16.7. The Balaban J connectivity index is 1.30. The molecule has 30 heavy (non-hydrogen) atoms. The third-order valence-corrected chi connectivity index (χ3v) is 5.73. The van der Waals surface area contributed by atoms with Crippen LogP contribution in [0.3, 0.4) is 0 Å². The molecule has 0 atom stereocenters. The van der Waals surface area contributed by atoms with Gasteiger partial charge in [-0.2, -0.15) is 0 Å². The molecule has 0 bridgehead atoms. The highest BCUT2D eigenvalue weighted by atomic mass is 16.6. The Morgan fingerprint density at radius 1 is 0.900 bits per heavy atom. The second-order valence-electron chi connectivity index (χ2n) is 7.63. The average Bonchev–Trinajstić information content (AvgIpc) is 3.20. The molecule has 2 fully saturated rings. The lowest BCUT2D eigenvalue weighted by atomic mass is 10.1. The van der Waals surface area contributed by atoms with E-state index in [-0.39, 0.29) is 17.5 Å². The molecule has 2 aliphatic rings. The Morgan fingerprint density at radius 2 is 1.53 bits per heavy atom. The largest absolute Gasteiger partial charge is 0.368 e. The van der Waals surface area contributed by atoms with E-state index >= 15 is 0 Å². The number of nitro groups is 1. The Kier molecular flexibility index (Phi) is 5.65. The molecule has 156 valence electrons. The molecule has 2 heterocycles. The van der Waals surface area contributed by atoms with Gasteiger partial charge in [0.2, 0.25) is 11.8 Å². The molecule has 0 aromatic heterocycles. The Labute approximate surface area is 174 Å². The Bertz CT molecular complexity index is 935. The fourth-order valence-electron chi connectivity index (χ4n) is 4.00. The van der Waals surface area contributed by atoms with Crippen LogP contribution in [-0.2, 0) is 16.0 Å². The van der Waals surface area contributed by atoms with Crippen LogP contribution in [0.15, 0.2) is 48.5 Å². The van der Waals surface area contributed by atoms with Gasteiger partial charge >= 0.3 is 0 Å². The summed E-state index contributed by atoms with van der Waals surface area (Å²) in [4.78, 5) is 40.7. The zero-order valence-corrected chi connectivity index (χ0v) is 16.7. The van der Waals surface area contributed by atoms with Crippen LogP contribution < -0.4 is 9.80 Å². The number of amides is 2. The molecule has 0 saturated carbocycles. The molecular weight excluding hydrogens is 384 g/mol. The number of carbonyl (C=O) groups is 2. The zero-order chi connectivity index (χ0) is 21.1. The summed E-state index contributed by atoms with van der Waals surface area (Å²) >= 11 is 0. The third kappa shape index (κ3) is 4.27. The van der Waals surface area contributed by atoms with Crippen molar-refractivity contribution < 1.29 is 14.5 Å². The number of hydrogen-bond acceptors (Lipinski definition) is 5. The van der Waals surface area contributed by atoms with Crippen LogP contribution in [0.25, 0.3) is 0 Å². The minimum absolute atomic E-state index is 0.0766. The quantitative estimate of drug-likeness (QED) is 0.561. The first kappa shape index (κ1) is 19.9. The van der Waals surface area contributed by atoms with Crippen LogP contribution in [0, 0.1) is 10.1 Å². The Morgan fingerprint density at radius 3 is 2.10 bits per heavy atom. The number of carbonyl (C=O) groups excluding carboxylic acids is 2. The number of anilines is 2. The van der Waals surface area contributed by atoms with Crippen molar-refractivity contribution in [2.45, 2.75) is 19.3 Å². The highest BCUT2D eigenvalue weighted by molar-refractivity contribution is 5.95. The van der Waals surface area contributed by atoms with Crippen LogP contribution in [0.5, 0.6) is 0 Å². The molecule has 2 aromatic rings. The van der Waals surface area contributed by atoms with Crippen molar-refractivity contribution in [3.63, 3.8) is 0 Å². The second kappa shape index (κ2) is 8.52. The summed E-state index contributed by atoms with van der Waals surface area (Å²) < 4.78 is 0. The molecule has 2 aliphatic heterocycles. The van der Waals surface area contributed by atoms with E-state index in [0.717, 1.165) is 29.9 Å². The van der Waals surface area contributed by atoms with E-state index < -0.39 is 4.92 Å². The first-order valence-corrected chi connectivity index (χ1v) is 10.2. The summed E-state index contributed by atoms with van der Waals surface area (Å²) in [5.41, 5.74) is 2.84. The van der Waals surface area contributed by atoms with Gasteiger partial charge in [-0.3, -0.25) is 19.7 Å². The first-order valence-electron chi connectivity index (χ1n) is 10.2. The lowest BCUT2D eigenvalue weighted by Crippen LogP contribution is -2.49. The van der Waals surface area contributed by atoms with E-state index in [2.05, 4.69) is 4.90 Å². The normalized spacial score (nSPS) is 16.8. The van der Waals surface area contributed by atoms with Gasteiger partial charge in [-0.25, -0.2) is 0 Å². The summed E-state index contributed by atoms with van der Waals surface area (Å²) in [5.74, 6) is 0.244. The number of hydrogen-bond donors (Lipinski definition) is 0. The standard InChI is InChI=1S/C22H24N4O4/c27-21-2-1-11-25(21)19-5-3-17(4-6-19)16-22(28)24-14-12-23(13-15-24)18-7-9-20(10-8-18)26(29)30/h3-10H,1-2,11-16H2. The van der Waals surface area contributed by atoms with Gasteiger partial charge in [0.15, 0.2) is 0 Å². The van der Waals surface area contributed by atoms with Crippen molar-refractivity contribution in [3.8, 4) is 0 Å². The molecule has 4 rings (SSSR count). The van der Waals surface area contributed by atoms with Crippen molar-refractivity contribution in [2.24, 2.45) is 0 Å². The maximum atomic E-state index is 12.7. The van der Waals surface area contributed by atoms with Crippen LogP contribution in [0.4, 0.5) is 17.1 Å². The predicted molar refractivity (Wildman–Crippen MR) is 114 cm³/mol. The number of benzene rings is 2. The van der Waals surface area contributed by atoms with Crippen molar-refractivity contribution in [3.05, 3.63) is 64.2 Å². The number of nitrogens with zero attached hydrogens (tertiary/aromatic N) is 4. The highest BCUT2D eigenvalue weighted by Gasteiger charge is 2.23. The van der Waals surface area contributed by atoms with Gasteiger partial charge < -0.3 is 14.7 Å². The summed E-state index contributed by atoms with van der Waals surface area (Å²) in [6.07, 6.45) is 1.84. The summed E-state index contributed by atoms with van der Waals surface area (Å²) in [6.45, 7) is 3.39. The van der Waals surface area contributed by atoms with Crippen molar-refractivity contribution in [1.82, 2.24) is 4.90 Å². The fraction of sp³-hybridized carbons (Fsp3) is 0.364. The van der Waals surface area contributed by atoms with Crippen LogP contribution >= 0.6 is 0 Å². The number of non-ortho nitro benzene ring substituents is 1. The van der Waals surface area contributed by atoms with Gasteiger partial charge in [-0.1, -0.05) is 12.1 Å². The van der Waals surface area contributed by atoms with Crippen LogP contribution in [-0.4, -0.2) is 54.4 Å². The molecule has 0 N–H and O–H groups in total. The minimum atomic E-state index is -0.407. The molecule has 8 nitrogen and oxygen atoms in total. The van der Waals surface area contributed by atoms with E-state index in [4.69, 9.17) is 0 Å². The van der Waals surface area contributed by atoms with Gasteiger partial charge in [-0.15, -0.1) is 0 Å². The van der Waals surface area contributed by atoms with E-state index in [1.54, 1.807) is 17.0 Å². The number of rotatable bonds is 5. The Hall–Kier alpha value is -3.42. The highest BCUT2D eigenvalue weighted by Crippen LogP contribution is 2.23. The van der Waals surface area contributed by atoms with Crippen molar-refractivity contribution in [1.29, 1.82) is 0 Å². The molecule has 2 aromatic carbocycles. The maximum absolute atomic E-state index is 12.7. The van der Waals surface area contributed by atoms with E-state index in [1.165, 1.54) is 12.1 Å². The van der Waals surface area contributed by atoms with Crippen LogP contribution in [0.1, 0.15) is 18.4 Å². The number of piperazine rings is 1. The fourth-order valence-corrected chi connectivity index (χ4v) is 4.00. The maximum Gasteiger partial charge on any atom is 0.269 e. The number of nitro benzene ring substituents is 1. The smallest absolute Gasteiger partial charge is 0.269 e. The molecule has 0 spiro atoms. The molecule has 0 unspecified atom stereocenters. The molecule has 2 amide bonds. The molecule has 2 saturated heterocycles. The minimum Gasteiger partial charge on any atom is -0.368 e. The van der Waals surface area contributed by atoms with Crippen molar-refractivity contribution >= 4 is 28.9 Å². The van der Waals surface area contributed by atoms with Crippen molar-refractivity contribution in [2.75, 3.05) is 42.5 Å². The summed E-state index contributed by atoms with van der Waals surface area (Å²) in [6, 6.07) is 14.2. The second-order valence-corrected chi connectivity index (χ2v) is 7.63. The van der Waals surface area contributed by atoms with E-state index in [0.29, 0.717) is 39.0 Å². The monoisotopic (exact) mass is 408 g/mol. The van der Waals surface area contributed by atoms with E-state index in [9.17, 15) is 19.7 Å². The van der Waals surface area contributed by atoms with Gasteiger partial charge in [0.1, 0.15) is 0 Å². The van der Waals surface area contributed by atoms with Gasteiger partial charge in [0.05, 0.1) is 11.3 Å². The summed E-state index contributed by atoms with van der Waals surface area (Å²) in [5, 5.41) is 10.8. The van der Waals surface area contributed by atoms with Gasteiger partial charge in [0.25, 0.3) is 5.69 Å². The van der Waals surface area contributed by atoms with Gasteiger partial charge in [0, 0.05) is 62.7 Å². The molecule has 8 heteroatoms. The third-order valence-electron chi connectivity index (χ3n) is 5.73. The molecular formula is C22H24N4O4. The first-order chi connectivity index (χ1) is 14.5. The van der Waals surface area contributed by atoms with Gasteiger partial charge in [-0.05, 0) is 36.2 Å². The lowest BCUT2D eigenvalue weighted by Gasteiger charge is -2.36. The SMILES string of the molecule is O=C(Cc1ccc(N2CCCC2=O)cc1)N1CCN(c2ccc([N+](=O)[O-])cc2)CC1. The summed E-state index contributed by atoms with van der Waals surface area (Å²) in [7, 11) is 0. The predicted octanol–water partition coefficient (Wildman–Crippen LogP) is 2.61. The lowest BCUT2D eigenvalue weighted by molar-refractivity contribution is -0.384. The average molecular weight is 408 g/mol.